The molecule has 1 aliphatic heterocycles. The summed E-state index contributed by atoms with van der Waals surface area (Å²) in [6.45, 7) is 1.73. The fraction of sp³-hybridized carbons (Fsp3) is 0.643. The molecule has 0 saturated carbocycles. The summed E-state index contributed by atoms with van der Waals surface area (Å²) in [5.74, 6) is -4.14. The number of alkyl halides is 3. The highest BCUT2D eigenvalue weighted by Crippen LogP contribution is 2.37. The van der Waals surface area contributed by atoms with Crippen LogP contribution in [0, 0.1) is 11.8 Å². The van der Waals surface area contributed by atoms with E-state index in [-0.39, 0.29) is 13.1 Å². The second kappa shape index (κ2) is 7.20. The van der Waals surface area contributed by atoms with Gasteiger partial charge in [-0.05, 0) is 6.42 Å². The van der Waals surface area contributed by atoms with Crippen LogP contribution in [0.15, 0.2) is 12.3 Å². The number of nitrogens with two attached hydrogens (primary N) is 1. The van der Waals surface area contributed by atoms with Gasteiger partial charge in [-0.15, -0.1) is 0 Å². The molecule has 0 spiro atoms. The number of nitrogens with one attached hydrogen (secondary N) is 1. The van der Waals surface area contributed by atoms with Gasteiger partial charge in [-0.1, -0.05) is 6.92 Å². The van der Waals surface area contributed by atoms with Crippen LogP contribution in [0.5, 0.6) is 0 Å². The Morgan fingerprint density at radius 1 is 1.42 bits per heavy atom. The second-order valence-electron chi connectivity index (χ2n) is 5.84. The maximum absolute atomic E-state index is 13.0. The minimum absolute atomic E-state index is 0.179. The molecule has 1 saturated heterocycles. The molecule has 2 amide bonds. The Morgan fingerprint density at radius 3 is 2.67 bits per heavy atom. The summed E-state index contributed by atoms with van der Waals surface area (Å²) in [5, 5.41) is 6.67. The lowest BCUT2D eigenvalue weighted by atomic mass is 9.95. The molecule has 0 unspecified atom stereocenters. The van der Waals surface area contributed by atoms with Gasteiger partial charge in [-0.2, -0.15) is 18.3 Å². The van der Waals surface area contributed by atoms with Crippen LogP contribution in [0.25, 0.3) is 0 Å². The van der Waals surface area contributed by atoms with Gasteiger partial charge in [0, 0.05) is 25.7 Å². The largest absolute Gasteiger partial charge is 0.393 e. The Balaban J connectivity index is 1.97. The molecular formula is C14H20F3N5O2. The summed E-state index contributed by atoms with van der Waals surface area (Å²) >= 11 is 0. The molecule has 2 atom stereocenters. The lowest BCUT2D eigenvalue weighted by Gasteiger charge is -2.18. The third kappa shape index (κ3) is 4.25. The average Bonchev–Trinajstić information content (AvgIpc) is 3.06. The molecule has 1 aromatic rings. The third-order valence-corrected chi connectivity index (χ3v) is 3.97. The lowest BCUT2D eigenvalue weighted by Crippen LogP contribution is -2.37. The molecule has 2 heterocycles. The number of amides is 2. The smallest absolute Gasteiger partial charge is 0.369 e. The number of likely N-dealkylation sites (tertiary alicyclic amines) is 1. The molecule has 0 aliphatic carbocycles. The van der Waals surface area contributed by atoms with Crippen molar-refractivity contribution in [2.75, 3.05) is 25.0 Å². The van der Waals surface area contributed by atoms with E-state index in [1.807, 2.05) is 6.92 Å². The van der Waals surface area contributed by atoms with Crippen LogP contribution in [0.3, 0.4) is 0 Å². The van der Waals surface area contributed by atoms with Crippen molar-refractivity contribution in [2.45, 2.75) is 26.1 Å². The predicted octanol–water partition coefficient (Wildman–Crippen LogP) is 0.827. The fourth-order valence-corrected chi connectivity index (χ4v) is 2.85. The minimum Gasteiger partial charge on any atom is -0.369 e. The Bertz CT molecular complexity index is 601. The van der Waals surface area contributed by atoms with Gasteiger partial charge in [0.1, 0.15) is 5.82 Å². The molecule has 7 nitrogen and oxygen atoms in total. The first-order valence-corrected chi connectivity index (χ1v) is 7.62. The number of carbonyl (C=O) groups excluding carboxylic acids is 2. The standard InChI is InChI=1S/C14H20F3N5O2/c1-2-5-22-11(3-4-19-22)20-12(23)8-21-6-9(13(18)24)10(7-21)14(15,16)17/h3-4,9-10H,2,5-8H2,1H3,(H2,18,24)(H,20,23)/t9-,10-/m1/s1. The molecule has 1 fully saturated rings. The van der Waals surface area contributed by atoms with Gasteiger partial charge >= 0.3 is 6.18 Å². The molecule has 0 radical (unpaired) electrons. The van der Waals surface area contributed by atoms with E-state index in [1.54, 1.807) is 10.7 Å². The first-order valence-electron chi connectivity index (χ1n) is 7.62. The van der Waals surface area contributed by atoms with Crippen LogP contribution < -0.4 is 11.1 Å². The van der Waals surface area contributed by atoms with E-state index in [9.17, 15) is 22.8 Å². The fourth-order valence-electron chi connectivity index (χ4n) is 2.85. The highest BCUT2D eigenvalue weighted by atomic mass is 19.4. The molecule has 3 N–H and O–H groups in total. The third-order valence-electron chi connectivity index (χ3n) is 3.97. The SMILES string of the molecule is CCCn1nccc1NC(=O)CN1C[C@@H](C(F)(F)F)[C@H](C(N)=O)C1. The second-order valence-corrected chi connectivity index (χ2v) is 5.84. The minimum atomic E-state index is -4.52. The van der Waals surface area contributed by atoms with E-state index in [0.717, 1.165) is 6.42 Å². The Labute approximate surface area is 137 Å². The van der Waals surface area contributed by atoms with Gasteiger partial charge in [0.05, 0.1) is 24.6 Å². The summed E-state index contributed by atoms with van der Waals surface area (Å²) in [7, 11) is 0. The summed E-state index contributed by atoms with van der Waals surface area (Å²) in [5.41, 5.74) is 5.06. The monoisotopic (exact) mass is 347 g/mol. The number of primary amides is 1. The average molecular weight is 347 g/mol. The number of halogens is 3. The van der Waals surface area contributed by atoms with Gasteiger partial charge in [0.25, 0.3) is 0 Å². The Kier molecular flexibility index (Phi) is 5.47. The van der Waals surface area contributed by atoms with Crippen molar-refractivity contribution in [2.24, 2.45) is 17.6 Å². The van der Waals surface area contributed by atoms with E-state index < -0.39 is 36.4 Å². The first-order chi connectivity index (χ1) is 11.2. The maximum atomic E-state index is 13.0. The molecular weight excluding hydrogens is 327 g/mol. The summed E-state index contributed by atoms with van der Waals surface area (Å²) in [6.07, 6.45) is -2.17. The van der Waals surface area contributed by atoms with Crippen molar-refractivity contribution in [3.63, 3.8) is 0 Å². The van der Waals surface area contributed by atoms with E-state index in [4.69, 9.17) is 5.73 Å². The summed E-state index contributed by atoms with van der Waals surface area (Å²) < 4.78 is 40.5. The van der Waals surface area contributed by atoms with Crippen LogP contribution >= 0.6 is 0 Å². The number of hydrogen-bond acceptors (Lipinski definition) is 4. The number of aromatic nitrogens is 2. The van der Waals surface area contributed by atoms with Crippen LogP contribution in [-0.4, -0.2) is 52.3 Å². The molecule has 24 heavy (non-hydrogen) atoms. The predicted molar refractivity (Wildman–Crippen MR) is 79.8 cm³/mol. The van der Waals surface area contributed by atoms with E-state index in [1.165, 1.54) is 11.1 Å². The number of aryl methyl sites for hydroxylation is 1. The first kappa shape index (κ1) is 18.2. The van der Waals surface area contributed by atoms with Gasteiger partial charge in [-0.25, -0.2) is 4.68 Å². The van der Waals surface area contributed by atoms with Crippen LogP contribution in [0.2, 0.25) is 0 Å². The number of hydrogen-bond donors (Lipinski definition) is 2. The molecule has 0 bridgehead atoms. The number of carbonyl (C=O) groups is 2. The molecule has 10 heteroatoms. The maximum Gasteiger partial charge on any atom is 0.393 e. The molecule has 134 valence electrons. The van der Waals surface area contributed by atoms with Crippen molar-refractivity contribution in [1.29, 1.82) is 0 Å². The van der Waals surface area contributed by atoms with Gasteiger partial charge in [-0.3, -0.25) is 14.5 Å². The highest BCUT2D eigenvalue weighted by Gasteiger charge is 2.51. The van der Waals surface area contributed by atoms with Crippen molar-refractivity contribution in [3.8, 4) is 0 Å². The van der Waals surface area contributed by atoms with Crippen LogP contribution in [0.4, 0.5) is 19.0 Å². The van der Waals surface area contributed by atoms with Crippen molar-refractivity contribution in [1.82, 2.24) is 14.7 Å². The number of anilines is 1. The number of nitrogens with zero attached hydrogens (tertiary/aromatic N) is 3. The topological polar surface area (TPSA) is 93.2 Å². The molecule has 1 aliphatic rings. The summed E-state index contributed by atoms with van der Waals surface area (Å²) in [6, 6.07) is 1.61. The van der Waals surface area contributed by atoms with E-state index >= 15 is 0 Å². The summed E-state index contributed by atoms with van der Waals surface area (Å²) in [4.78, 5) is 24.6. The zero-order chi connectivity index (χ0) is 17.9. The van der Waals surface area contributed by atoms with Gasteiger partial charge in [0.2, 0.25) is 11.8 Å². The Morgan fingerprint density at radius 2 is 2.12 bits per heavy atom. The highest BCUT2D eigenvalue weighted by molar-refractivity contribution is 5.91. The quantitative estimate of drug-likeness (QED) is 0.797. The van der Waals surface area contributed by atoms with Gasteiger partial charge < -0.3 is 11.1 Å². The van der Waals surface area contributed by atoms with Gasteiger partial charge in [0.15, 0.2) is 0 Å². The van der Waals surface area contributed by atoms with Crippen molar-refractivity contribution in [3.05, 3.63) is 12.3 Å². The van der Waals surface area contributed by atoms with Crippen LogP contribution in [-0.2, 0) is 16.1 Å². The zero-order valence-corrected chi connectivity index (χ0v) is 13.2. The Hall–Kier alpha value is -2.10. The van der Waals surface area contributed by atoms with E-state index in [2.05, 4.69) is 10.4 Å². The molecule has 0 aromatic carbocycles. The lowest BCUT2D eigenvalue weighted by molar-refractivity contribution is -0.182. The number of rotatable bonds is 6. The van der Waals surface area contributed by atoms with Crippen molar-refractivity contribution < 1.29 is 22.8 Å². The normalized spacial score (nSPS) is 21.8. The molecule has 2 rings (SSSR count). The van der Waals surface area contributed by atoms with Crippen molar-refractivity contribution >= 4 is 17.6 Å². The zero-order valence-electron chi connectivity index (χ0n) is 13.2. The molecule has 1 aromatic heterocycles. The van der Waals surface area contributed by atoms with E-state index in [0.29, 0.717) is 12.4 Å². The van der Waals surface area contributed by atoms with Crippen LogP contribution in [0.1, 0.15) is 13.3 Å².